The maximum atomic E-state index is 12.6. The second-order valence-electron chi connectivity index (χ2n) is 7.23. The number of carbonyl (C=O) groups excluding carboxylic acids is 3. The Morgan fingerprint density at radius 2 is 1.82 bits per heavy atom. The Morgan fingerprint density at radius 3 is 2.55 bits per heavy atom. The molecule has 4 rings (SSSR count). The van der Waals surface area contributed by atoms with E-state index in [2.05, 4.69) is 5.32 Å². The van der Waals surface area contributed by atoms with Crippen LogP contribution in [0.5, 0.6) is 11.5 Å². The van der Waals surface area contributed by atoms with Gasteiger partial charge < -0.3 is 24.3 Å². The van der Waals surface area contributed by atoms with Crippen molar-refractivity contribution in [1.29, 1.82) is 0 Å². The molecular formula is C23H21NO7S2. The molecule has 1 N–H and O–H groups in total. The van der Waals surface area contributed by atoms with Crippen LogP contribution in [-0.4, -0.2) is 38.4 Å². The molecule has 0 radical (unpaired) electrons. The molecule has 0 aliphatic carbocycles. The minimum absolute atomic E-state index is 0.177. The number of thiophene rings is 2. The second-order valence-corrected chi connectivity index (χ2v) is 9.74. The van der Waals surface area contributed by atoms with Crippen molar-refractivity contribution >= 4 is 45.5 Å². The van der Waals surface area contributed by atoms with E-state index in [0.29, 0.717) is 27.8 Å². The molecule has 1 aliphatic rings. The average molecular weight is 488 g/mol. The molecular weight excluding hydrogens is 466 g/mol. The SMILES string of the molecule is COC(=O)c1c(NC(=O)COC(=O)c2ccc(C)s2)sc(C)c1Cc1ccc2c(c1)OCO2. The lowest BCUT2D eigenvalue weighted by molar-refractivity contribution is -0.119. The molecule has 0 bridgehead atoms. The van der Waals surface area contributed by atoms with Gasteiger partial charge in [0, 0.05) is 9.75 Å². The highest BCUT2D eigenvalue weighted by Gasteiger charge is 2.25. The Morgan fingerprint density at radius 1 is 1.03 bits per heavy atom. The first-order valence-electron chi connectivity index (χ1n) is 9.98. The normalized spacial score (nSPS) is 11.8. The van der Waals surface area contributed by atoms with Gasteiger partial charge in [-0.1, -0.05) is 6.07 Å². The standard InChI is InChI=1S/C23H21NO7S2/c1-12-4-7-18(32-12)22(26)29-10-19(25)24-21-20(23(27)28-3)15(13(2)33-21)8-14-5-6-16-17(9-14)31-11-30-16/h4-7,9H,8,10-11H2,1-3H3,(H,24,25). The van der Waals surface area contributed by atoms with E-state index in [0.717, 1.165) is 20.9 Å². The zero-order valence-corrected chi connectivity index (χ0v) is 19.8. The van der Waals surface area contributed by atoms with Crippen LogP contribution in [0.1, 0.15) is 40.9 Å². The monoisotopic (exact) mass is 487 g/mol. The summed E-state index contributed by atoms with van der Waals surface area (Å²) < 4.78 is 20.9. The Kier molecular flexibility index (Phi) is 6.66. The third-order valence-corrected chi connectivity index (χ3v) is 6.99. The van der Waals surface area contributed by atoms with Crippen molar-refractivity contribution in [3.63, 3.8) is 0 Å². The molecule has 3 heterocycles. The molecule has 0 saturated carbocycles. The fourth-order valence-electron chi connectivity index (χ4n) is 3.36. The minimum atomic E-state index is -0.567. The van der Waals surface area contributed by atoms with Crippen LogP contribution < -0.4 is 14.8 Å². The fourth-order valence-corrected chi connectivity index (χ4v) is 5.20. The van der Waals surface area contributed by atoms with Gasteiger partial charge in [-0.25, -0.2) is 9.59 Å². The van der Waals surface area contributed by atoms with E-state index >= 15 is 0 Å². The number of carbonyl (C=O) groups is 3. The van der Waals surface area contributed by atoms with Crippen LogP contribution in [0, 0.1) is 13.8 Å². The van der Waals surface area contributed by atoms with Gasteiger partial charge in [0.05, 0.1) is 12.7 Å². The van der Waals surface area contributed by atoms with Crippen LogP contribution in [0.4, 0.5) is 5.00 Å². The number of ether oxygens (including phenoxy) is 4. The van der Waals surface area contributed by atoms with Gasteiger partial charge in [-0.15, -0.1) is 22.7 Å². The van der Waals surface area contributed by atoms with E-state index in [1.165, 1.54) is 29.8 Å². The number of nitrogens with one attached hydrogen (secondary N) is 1. The Hall–Kier alpha value is -3.37. The summed E-state index contributed by atoms with van der Waals surface area (Å²) in [6, 6.07) is 9.05. The summed E-state index contributed by atoms with van der Waals surface area (Å²) in [5.41, 5.74) is 1.95. The van der Waals surface area contributed by atoms with Crippen molar-refractivity contribution in [3.8, 4) is 11.5 Å². The van der Waals surface area contributed by atoms with E-state index in [9.17, 15) is 14.4 Å². The summed E-state index contributed by atoms with van der Waals surface area (Å²) in [4.78, 5) is 39.4. The molecule has 10 heteroatoms. The molecule has 0 unspecified atom stereocenters. The minimum Gasteiger partial charge on any atom is -0.465 e. The zero-order valence-electron chi connectivity index (χ0n) is 18.2. The summed E-state index contributed by atoms with van der Waals surface area (Å²) in [5.74, 6) is -0.345. The van der Waals surface area contributed by atoms with Crippen molar-refractivity contribution in [2.45, 2.75) is 20.3 Å². The molecule has 2 aromatic heterocycles. The van der Waals surface area contributed by atoms with Crippen molar-refractivity contribution in [1.82, 2.24) is 0 Å². The molecule has 3 aromatic rings. The van der Waals surface area contributed by atoms with Gasteiger partial charge in [0.25, 0.3) is 5.91 Å². The van der Waals surface area contributed by atoms with Gasteiger partial charge in [-0.2, -0.15) is 0 Å². The van der Waals surface area contributed by atoms with Gasteiger partial charge in [0.2, 0.25) is 6.79 Å². The number of benzene rings is 1. The van der Waals surface area contributed by atoms with E-state index in [-0.39, 0.29) is 12.4 Å². The van der Waals surface area contributed by atoms with Gasteiger partial charge in [-0.3, -0.25) is 4.79 Å². The lowest BCUT2D eigenvalue weighted by Gasteiger charge is -2.09. The Balaban J connectivity index is 1.50. The number of aryl methyl sites for hydroxylation is 2. The number of esters is 2. The topological polar surface area (TPSA) is 100 Å². The van der Waals surface area contributed by atoms with Crippen LogP contribution in [-0.2, 0) is 20.7 Å². The Bertz CT molecular complexity index is 1230. The molecule has 0 spiro atoms. The first-order chi connectivity index (χ1) is 15.9. The third-order valence-electron chi connectivity index (χ3n) is 4.95. The number of amides is 1. The van der Waals surface area contributed by atoms with Crippen molar-refractivity contribution in [2.24, 2.45) is 0 Å². The van der Waals surface area contributed by atoms with Gasteiger partial charge in [0.1, 0.15) is 9.88 Å². The first kappa shape index (κ1) is 22.8. The molecule has 0 saturated heterocycles. The number of anilines is 1. The summed E-state index contributed by atoms with van der Waals surface area (Å²) in [5, 5.41) is 3.04. The third kappa shape index (κ3) is 5.01. The van der Waals surface area contributed by atoms with Crippen LogP contribution in [0.3, 0.4) is 0 Å². The van der Waals surface area contributed by atoms with Crippen LogP contribution >= 0.6 is 22.7 Å². The second kappa shape index (κ2) is 9.63. The van der Waals surface area contributed by atoms with Crippen LogP contribution in [0.25, 0.3) is 0 Å². The number of rotatable bonds is 7. The largest absolute Gasteiger partial charge is 0.465 e. The van der Waals surface area contributed by atoms with E-state index in [1.54, 1.807) is 12.1 Å². The lowest BCUT2D eigenvalue weighted by Crippen LogP contribution is -2.21. The number of hydrogen-bond acceptors (Lipinski definition) is 9. The molecule has 0 atom stereocenters. The number of methoxy groups -OCH3 is 1. The van der Waals surface area contributed by atoms with Gasteiger partial charge >= 0.3 is 11.9 Å². The van der Waals surface area contributed by atoms with E-state index in [1.807, 2.05) is 32.0 Å². The van der Waals surface area contributed by atoms with Crippen molar-refractivity contribution in [2.75, 3.05) is 25.8 Å². The summed E-state index contributed by atoms with van der Waals surface area (Å²) in [7, 11) is 1.29. The molecule has 1 aromatic carbocycles. The molecule has 0 fully saturated rings. The molecule has 1 amide bonds. The van der Waals surface area contributed by atoms with Crippen molar-refractivity contribution < 1.29 is 33.3 Å². The fraction of sp³-hybridized carbons (Fsp3) is 0.261. The van der Waals surface area contributed by atoms with Gasteiger partial charge in [0.15, 0.2) is 18.1 Å². The lowest BCUT2D eigenvalue weighted by atomic mass is 10.0. The maximum absolute atomic E-state index is 12.6. The summed E-state index contributed by atoms with van der Waals surface area (Å²) in [6.07, 6.45) is 0.437. The van der Waals surface area contributed by atoms with E-state index < -0.39 is 24.5 Å². The number of fused-ring (bicyclic) bond motifs is 1. The summed E-state index contributed by atoms with van der Waals surface area (Å²) in [6.45, 7) is 3.46. The molecule has 33 heavy (non-hydrogen) atoms. The van der Waals surface area contributed by atoms with Crippen molar-refractivity contribution in [3.05, 3.63) is 61.7 Å². The summed E-state index contributed by atoms with van der Waals surface area (Å²) >= 11 is 2.56. The molecule has 172 valence electrons. The van der Waals surface area contributed by atoms with Crippen LogP contribution in [0.2, 0.25) is 0 Å². The maximum Gasteiger partial charge on any atom is 0.348 e. The molecule has 8 nitrogen and oxygen atoms in total. The quantitative estimate of drug-likeness (QED) is 0.495. The smallest absolute Gasteiger partial charge is 0.348 e. The zero-order chi connectivity index (χ0) is 23.5. The highest BCUT2D eigenvalue weighted by atomic mass is 32.1. The predicted molar refractivity (Wildman–Crippen MR) is 124 cm³/mol. The number of hydrogen-bond donors (Lipinski definition) is 1. The molecule has 1 aliphatic heterocycles. The van der Waals surface area contributed by atoms with Gasteiger partial charge in [-0.05, 0) is 55.7 Å². The predicted octanol–water partition coefficient (Wildman–Crippen LogP) is 4.33. The first-order valence-corrected chi connectivity index (χ1v) is 11.6. The Labute approximate surface area is 198 Å². The van der Waals surface area contributed by atoms with E-state index in [4.69, 9.17) is 18.9 Å². The average Bonchev–Trinajstić information content (AvgIpc) is 3.51. The van der Waals surface area contributed by atoms with Crippen LogP contribution in [0.15, 0.2) is 30.3 Å². The highest BCUT2D eigenvalue weighted by Crippen LogP contribution is 2.37. The highest BCUT2D eigenvalue weighted by molar-refractivity contribution is 7.16.